The van der Waals surface area contributed by atoms with E-state index in [4.69, 9.17) is 10.5 Å². The van der Waals surface area contributed by atoms with Crippen LogP contribution in [-0.4, -0.2) is 53.9 Å². The van der Waals surface area contributed by atoms with Gasteiger partial charge >= 0.3 is 0 Å². The van der Waals surface area contributed by atoms with Crippen molar-refractivity contribution >= 4 is 34.7 Å². The number of unbranched alkanes of at least 4 members (excludes halogenated alkanes) is 1. The third-order valence-electron chi connectivity index (χ3n) is 8.25. The summed E-state index contributed by atoms with van der Waals surface area (Å²) in [6.07, 6.45) is 10.5. The van der Waals surface area contributed by atoms with Gasteiger partial charge < -0.3 is 26.4 Å². The quantitative estimate of drug-likeness (QED) is 0.103. The maximum absolute atomic E-state index is 12.5. The van der Waals surface area contributed by atoms with E-state index >= 15 is 0 Å². The molecular formula is C40H54N8O3. The van der Waals surface area contributed by atoms with Crippen LogP contribution >= 0.6 is 0 Å². The minimum atomic E-state index is -0.419. The molecule has 272 valence electrons. The molecular weight excluding hydrogens is 640 g/mol. The zero-order chi connectivity index (χ0) is 37.3. The molecule has 1 aromatic carbocycles. The van der Waals surface area contributed by atoms with Crippen molar-refractivity contribution < 1.29 is 14.3 Å². The molecule has 3 aromatic rings. The topological polar surface area (TPSA) is 157 Å². The highest BCUT2D eigenvalue weighted by atomic mass is 16.5. The number of nitrogens with zero attached hydrogens (tertiary/aromatic N) is 4. The molecule has 0 spiro atoms. The third-order valence-corrected chi connectivity index (χ3v) is 8.25. The fraction of sp³-hybridized carbons (Fsp3) is 0.450. The van der Waals surface area contributed by atoms with Gasteiger partial charge in [0.15, 0.2) is 17.3 Å². The molecule has 1 aliphatic carbocycles. The summed E-state index contributed by atoms with van der Waals surface area (Å²) in [7, 11) is 4.80. The molecule has 11 heteroatoms. The van der Waals surface area contributed by atoms with Gasteiger partial charge in [-0.15, -0.1) is 10.2 Å². The zero-order valence-corrected chi connectivity index (χ0v) is 31.4. The van der Waals surface area contributed by atoms with Crippen LogP contribution in [0.4, 0.5) is 17.2 Å². The lowest BCUT2D eigenvalue weighted by atomic mass is 9.91. The second-order valence-electron chi connectivity index (χ2n) is 12.8. The van der Waals surface area contributed by atoms with Crippen molar-refractivity contribution in [3.63, 3.8) is 0 Å². The third kappa shape index (κ3) is 12.2. The molecule has 51 heavy (non-hydrogen) atoms. The lowest BCUT2D eigenvalue weighted by molar-refractivity contribution is -0.117. The number of anilines is 3. The molecule has 0 bridgehead atoms. The van der Waals surface area contributed by atoms with E-state index in [0.717, 1.165) is 67.5 Å². The number of methoxy groups -OCH3 is 1. The first kappa shape index (κ1) is 40.2. The zero-order valence-electron chi connectivity index (χ0n) is 31.4. The number of para-hydroxylation sites is 1. The summed E-state index contributed by atoms with van der Waals surface area (Å²) >= 11 is 0. The van der Waals surface area contributed by atoms with Gasteiger partial charge in [-0.1, -0.05) is 52.5 Å². The number of nitrogens with two attached hydrogens (primary N) is 1. The van der Waals surface area contributed by atoms with Crippen LogP contribution in [0.5, 0.6) is 5.75 Å². The summed E-state index contributed by atoms with van der Waals surface area (Å²) in [6, 6.07) is 11.2. The van der Waals surface area contributed by atoms with Gasteiger partial charge in [-0.2, -0.15) is 0 Å². The number of benzene rings is 1. The number of rotatable bonds is 14. The van der Waals surface area contributed by atoms with Crippen molar-refractivity contribution in [3.8, 4) is 17.6 Å². The van der Waals surface area contributed by atoms with E-state index in [1.807, 2.05) is 36.5 Å². The molecule has 1 unspecified atom stereocenters. The van der Waals surface area contributed by atoms with Gasteiger partial charge in [-0.25, -0.2) is 0 Å². The standard InChI is InChI=1S/C28H39N7O3.C12H15N/c1-7-17(13-16(2)3)20(29)14-22(30-4)19-9-8-10-21(26(19)38-6)32-23-15-24(33-27(36)18-11-12-18)34-35-25(23)28(37)31-5;1-3-5-6-7-11-8-9-13-12(4-2)10-11/h8-10,14-18H,7,11-13,29H2,1-6H3,(H,31,37)(H2,32,33,34,36);8-10H,3-5H2,1-2H3/b20-14-,30-22?;. The number of nitrogens with one attached hydrogen (secondary N) is 3. The second-order valence-corrected chi connectivity index (χ2v) is 12.8. The number of hydrogen-bond acceptors (Lipinski definition) is 9. The fourth-order valence-corrected chi connectivity index (χ4v) is 5.29. The molecule has 0 saturated heterocycles. The van der Waals surface area contributed by atoms with E-state index in [-0.39, 0.29) is 29.3 Å². The summed E-state index contributed by atoms with van der Waals surface area (Å²) in [5, 5.41) is 16.7. The summed E-state index contributed by atoms with van der Waals surface area (Å²) in [4.78, 5) is 33.5. The summed E-state index contributed by atoms with van der Waals surface area (Å²) in [5.74, 6) is 7.30. The van der Waals surface area contributed by atoms with Crippen LogP contribution in [0.2, 0.25) is 0 Å². The van der Waals surface area contributed by atoms with Crippen molar-refractivity contribution in [3.05, 3.63) is 76.9 Å². The van der Waals surface area contributed by atoms with Gasteiger partial charge in [0.25, 0.3) is 5.91 Å². The SMILES string of the molecule is CCC(CC(C)C)/C(N)=C/C(=NC)c1cccc(Nc2cc(NC(=O)C3CC3)nnc2C(=O)NC)c1OC.CCCC#Cc1ccnc(CC)c1. The maximum atomic E-state index is 12.5. The first-order valence-electron chi connectivity index (χ1n) is 17.8. The highest BCUT2D eigenvalue weighted by molar-refractivity contribution is 6.12. The Morgan fingerprint density at radius 1 is 1.12 bits per heavy atom. The molecule has 0 radical (unpaired) electrons. The number of aliphatic imine (C=N–C) groups is 1. The van der Waals surface area contributed by atoms with Crippen LogP contribution in [-0.2, 0) is 11.2 Å². The molecule has 2 heterocycles. The lowest BCUT2D eigenvalue weighted by Crippen LogP contribution is -2.22. The molecule has 1 saturated carbocycles. The highest BCUT2D eigenvalue weighted by Gasteiger charge is 2.30. The highest BCUT2D eigenvalue weighted by Crippen LogP contribution is 2.34. The molecule has 1 atom stereocenters. The number of aromatic nitrogens is 3. The summed E-state index contributed by atoms with van der Waals surface area (Å²) in [5.41, 5.74) is 12.0. The van der Waals surface area contributed by atoms with Crippen LogP contribution in [0.3, 0.4) is 0 Å². The Balaban J connectivity index is 0.000000453. The van der Waals surface area contributed by atoms with Crippen LogP contribution in [0.1, 0.15) is 100 Å². The van der Waals surface area contributed by atoms with Gasteiger partial charge in [0.2, 0.25) is 5.91 Å². The van der Waals surface area contributed by atoms with Gasteiger partial charge in [-0.3, -0.25) is 19.6 Å². The first-order chi connectivity index (χ1) is 24.6. The van der Waals surface area contributed by atoms with Crippen LogP contribution in [0.25, 0.3) is 0 Å². The molecule has 5 N–H and O–H groups in total. The number of carbonyl (C=O) groups excluding carboxylic acids is 2. The molecule has 2 aromatic heterocycles. The Labute approximate surface area is 303 Å². The van der Waals surface area contributed by atoms with Gasteiger partial charge in [-0.05, 0) is 80.7 Å². The Morgan fingerprint density at radius 2 is 1.88 bits per heavy atom. The number of ether oxygens (including phenoxy) is 1. The second kappa shape index (κ2) is 20.4. The van der Waals surface area contributed by atoms with Gasteiger partial charge in [0, 0.05) is 61.2 Å². The normalized spacial score (nSPS) is 13.3. The molecule has 11 nitrogen and oxygen atoms in total. The van der Waals surface area contributed by atoms with Crippen LogP contribution < -0.4 is 26.4 Å². The van der Waals surface area contributed by atoms with Crippen LogP contribution in [0, 0.1) is 29.6 Å². The van der Waals surface area contributed by atoms with E-state index in [9.17, 15) is 9.59 Å². The Hall–Kier alpha value is -5.24. The number of hydrogen-bond donors (Lipinski definition) is 4. The minimum Gasteiger partial charge on any atom is -0.494 e. The average Bonchev–Trinajstić information content (AvgIpc) is 3.99. The predicted octanol–water partition coefficient (Wildman–Crippen LogP) is 7.07. The molecule has 1 aliphatic rings. The van der Waals surface area contributed by atoms with Crippen molar-refractivity contribution in [2.45, 2.75) is 79.6 Å². The van der Waals surface area contributed by atoms with E-state index < -0.39 is 5.91 Å². The van der Waals surface area contributed by atoms with Crippen molar-refractivity contribution in [1.29, 1.82) is 0 Å². The Morgan fingerprint density at radius 3 is 2.49 bits per heavy atom. The van der Waals surface area contributed by atoms with Crippen molar-refractivity contribution in [1.82, 2.24) is 20.5 Å². The van der Waals surface area contributed by atoms with Crippen molar-refractivity contribution in [2.24, 2.45) is 28.5 Å². The first-order valence-corrected chi connectivity index (χ1v) is 17.8. The number of pyridine rings is 1. The van der Waals surface area contributed by atoms with E-state index in [1.54, 1.807) is 20.2 Å². The van der Waals surface area contributed by atoms with E-state index in [2.05, 4.69) is 88.7 Å². The van der Waals surface area contributed by atoms with E-state index in [0.29, 0.717) is 28.8 Å². The molecule has 0 aliphatic heterocycles. The average molecular weight is 695 g/mol. The monoisotopic (exact) mass is 694 g/mol. The van der Waals surface area contributed by atoms with Gasteiger partial charge in [0.1, 0.15) is 0 Å². The number of aryl methyl sites for hydroxylation is 1. The lowest BCUT2D eigenvalue weighted by Gasteiger charge is -2.19. The number of amides is 2. The summed E-state index contributed by atoms with van der Waals surface area (Å²) < 4.78 is 5.81. The number of carbonyl (C=O) groups is 2. The largest absolute Gasteiger partial charge is 0.494 e. The summed E-state index contributed by atoms with van der Waals surface area (Å²) in [6.45, 7) is 10.7. The number of allylic oxidation sites excluding steroid dienone is 2. The molecule has 1 fully saturated rings. The fourth-order valence-electron chi connectivity index (χ4n) is 5.29. The van der Waals surface area contributed by atoms with Crippen LogP contribution in [0.15, 0.2) is 59.4 Å². The van der Waals surface area contributed by atoms with E-state index in [1.165, 1.54) is 7.05 Å². The van der Waals surface area contributed by atoms with Gasteiger partial charge in [0.05, 0.1) is 24.2 Å². The Bertz CT molecular complexity index is 1750. The smallest absolute Gasteiger partial charge is 0.273 e. The van der Waals surface area contributed by atoms with Crippen molar-refractivity contribution in [2.75, 3.05) is 31.8 Å². The Kier molecular flexibility index (Phi) is 16.1. The maximum Gasteiger partial charge on any atom is 0.273 e. The predicted molar refractivity (Wildman–Crippen MR) is 206 cm³/mol. The minimum absolute atomic E-state index is 0.00342. The molecule has 2 amide bonds. The molecule has 4 rings (SSSR count).